The lowest BCUT2D eigenvalue weighted by molar-refractivity contribution is -0.274. The SMILES string of the molecule is C=C(NCCCn1cc(-c2ccc(OC(F)(F)F)cc2)c2cc(CN3CCN(CC)CC3)ccc21)C1(N)CCNCC1. The number of hydrogen-bond donors (Lipinski definition) is 3. The zero-order valence-electron chi connectivity index (χ0n) is 24.5. The quantitative estimate of drug-likeness (QED) is 0.278. The highest BCUT2D eigenvalue weighted by Gasteiger charge is 2.31. The first-order valence-corrected chi connectivity index (χ1v) is 15.0. The molecule has 0 atom stereocenters. The van der Waals surface area contributed by atoms with Crippen molar-refractivity contribution in [3.05, 3.63) is 66.5 Å². The standard InChI is InChI=1S/C32H43F3N6O/c1-3-39-17-19-40(20-18-39)22-25-5-10-30-28(21-25)29(26-6-8-27(9-7-26)42-32(33,34)35)23-41(30)16-4-13-38-24(2)31(36)11-14-37-15-12-31/h5-10,21,23,37-38H,2-4,11-20,22,36H2,1H3. The minimum absolute atomic E-state index is 0.223. The monoisotopic (exact) mass is 584 g/mol. The van der Waals surface area contributed by atoms with E-state index in [9.17, 15) is 13.2 Å². The van der Waals surface area contributed by atoms with Crippen LogP contribution in [0.5, 0.6) is 5.75 Å². The third-order valence-corrected chi connectivity index (χ3v) is 8.67. The molecule has 3 heterocycles. The van der Waals surface area contributed by atoms with Gasteiger partial charge in [-0.3, -0.25) is 4.90 Å². The molecule has 0 saturated carbocycles. The number of aromatic nitrogens is 1. The molecular weight excluding hydrogens is 541 g/mol. The van der Waals surface area contributed by atoms with Gasteiger partial charge in [-0.2, -0.15) is 0 Å². The van der Waals surface area contributed by atoms with E-state index < -0.39 is 6.36 Å². The molecule has 2 aliphatic rings. The predicted octanol–water partition coefficient (Wildman–Crippen LogP) is 4.92. The number of fused-ring (bicyclic) bond motifs is 1. The third kappa shape index (κ3) is 7.47. The van der Waals surface area contributed by atoms with Gasteiger partial charge in [0, 0.05) is 74.2 Å². The Balaban J connectivity index is 1.33. The van der Waals surface area contributed by atoms with Gasteiger partial charge in [-0.05, 0) is 74.3 Å². The molecule has 7 nitrogen and oxygen atoms in total. The van der Waals surface area contributed by atoms with Crippen LogP contribution in [0.3, 0.4) is 0 Å². The Kier molecular flexibility index (Phi) is 9.47. The lowest BCUT2D eigenvalue weighted by atomic mass is 9.86. The molecule has 4 N–H and O–H groups in total. The molecule has 2 fully saturated rings. The molecule has 0 spiro atoms. The molecule has 0 aliphatic carbocycles. The summed E-state index contributed by atoms with van der Waals surface area (Å²) in [5, 5.41) is 7.90. The highest BCUT2D eigenvalue weighted by Crippen LogP contribution is 2.34. The second kappa shape index (κ2) is 13.1. The molecule has 5 rings (SSSR count). The number of hydrogen-bond acceptors (Lipinski definition) is 6. The minimum atomic E-state index is -4.72. The van der Waals surface area contributed by atoms with E-state index in [1.54, 1.807) is 12.1 Å². The topological polar surface area (TPSA) is 70.7 Å². The zero-order chi connectivity index (χ0) is 29.7. The summed E-state index contributed by atoms with van der Waals surface area (Å²) in [7, 11) is 0. The van der Waals surface area contributed by atoms with E-state index in [1.165, 1.54) is 17.7 Å². The van der Waals surface area contributed by atoms with Crippen LogP contribution >= 0.6 is 0 Å². The van der Waals surface area contributed by atoms with Crippen molar-refractivity contribution in [2.24, 2.45) is 5.73 Å². The smallest absolute Gasteiger partial charge is 0.406 e. The van der Waals surface area contributed by atoms with Gasteiger partial charge in [0.25, 0.3) is 0 Å². The van der Waals surface area contributed by atoms with Gasteiger partial charge in [0.1, 0.15) is 5.75 Å². The number of aryl methyl sites for hydroxylation is 1. The summed E-state index contributed by atoms with van der Waals surface area (Å²) < 4.78 is 44.5. The molecule has 2 aliphatic heterocycles. The van der Waals surface area contributed by atoms with Gasteiger partial charge in [0.2, 0.25) is 0 Å². The van der Waals surface area contributed by atoms with E-state index in [0.717, 1.165) is 112 Å². The van der Waals surface area contributed by atoms with Crippen LogP contribution in [0.15, 0.2) is 60.9 Å². The maximum absolute atomic E-state index is 12.7. The van der Waals surface area contributed by atoms with E-state index in [4.69, 9.17) is 5.73 Å². The third-order valence-electron chi connectivity index (χ3n) is 8.67. The zero-order valence-corrected chi connectivity index (χ0v) is 24.5. The highest BCUT2D eigenvalue weighted by molar-refractivity contribution is 5.96. The number of alkyl halides is 3. The van der Waals surface area contributed by atoms with Crippen LogP contribution in [0.2, 0.25) is 0 Å². The molecule has 10 heteroatoms. The summed E-state index contributed by atoms with van der Waals surface area (Å²) in [6.07, 6.45) is 0.00600. The maximum Gasteiger partial charge on any atom is 0.573 e. The number of benzene rings is 2. The van der Waals surface area contributed by atoms with Gasteiger partial charge in [0.15, 0.2) is 0 Å². The Hall–Kier alpha value is -3.05. The van der Waals surface area contributed by atoms with Crippen molar-refractivity contribution in [3.8, 4) is 16.9 Å². The van der Waals surface area contributed by atoms with Crippen molar-refractivity contribution in [2.75, 3.05) is 52.4 Å². The van der Waals surface area contributed by atoms with Crippen LogP contribution in [0.25, 0.3) is 22.0 Å². The Labute approximate surface area is 246 Å². The number of ether oxygens (including phenoxy) is 1. The highest BCUT2D eigenvalue weighted by atomic mass is 19.4. The van der Waals surface area contributed by atoms with E-state index in [-0.39, 0.29) is 11.3 Å². The van der Waals surface area contributed by atoms with Crippen LogP contribution in [-0.4, -0.2) is 78.6 Å². The van der Waals surface area contributed by atoms with E-state index >= 15 is 0 Å². The van der Waals surface area contributed by atoms with Crippen molar-refractivity contribution in [1.82, 2.24) is 25.0 Å². The largest absolute Gasteiger partial charge is 0.573 e. The summed E-state index contributed by atoms with van der Waals surface area (Å²) in [4.78, 5) is 4.95. The second-order valence-electron chi connectivity index (χ2n) is 11.5. The average molecular weight is 585 g/mol. The van der Waals surface area contributed by atoms with Crippen molar-refractivity contribution in [2.45, 2.75) is 51.2 Å². The molecular formula is C32H43F3N6O. The molecule has 228 valence electrons. The number of rotatable bonds is 11. The van der Waals surface area contributed by atoms with Crippen molar-refractivity contribution >= 4 is 10.9 Å². The number of nitrogens with two attached hydrogens (primary N) is 1. The molecule has 0 amide bonds. The fraction of sp³-hybridized carbons (Fsp3) is 0.500. The number of piperazine rings is 1. The Bertz CT molecular complexity index is 1340. The van der Waals surface area contributed by atoms with Gasteiger partial charge in [-0.1, -0.05) is 31.7 Å². The number of nitrogens with zero attached hydrogens (tertiary/aromatic N) is 3. The first-order valence-electron chi connectivity index (χ1n) is 15.0. The van der Waals surface area contributed by atoms with Gasteiger partial charge in [-0.25, -0.2) is 0 Å². The van der Waals surface area contributed by atoms with Gasteiger partial charge in [0.05, 0.1) is 5.54 Å². The van der Waals surface area contributed by atoms with Crippen LogP contribution < -0.4 is 21.1 Å². The van der Waals surface area contributed by atoms with E-state index in [1.807, 2.05) is 0 Å². The summed E-state index contributed by atoms with van der Waals surface area (Å²) in [6, 6.07) is 12.8. The summed E-state index contributed by atoms with van der Waals surface area (Å²) in [5.41, 5.74) is 11.3. The molecule has 3 aromatic rings. The Morgan fingerprint density at radius 2 is 1.74 bits per heavy atom. The number of likely N-dealkylation sites (N-methyl/N-ethyl adjacent to an activating group) is 1. The summed E-state index contributed by atoms with van der Waals surface area (Å²) in [6.45, 7) is 16.0. The molecule has 2 aromatic carbocycles. The van der Waals surface area contributed by atoms with Crippen LogP contribution in [0, 0.1) is 0 Å². The van der Waals surface area contributed by atoms with Gasteiger partial charge < -0.3 is 30.6 Å². The van der Waals surface area contributed by atoms with Gasteiger partial charge in [-0.15, -0.1) is 13.2 Å². The van der Waals surface area contributed by atoms with Crippen molar-refractivity contribution < 1.29 is 17.9 Å². The lowest BCUT2D eigenvalue weighted by Crippen LogP contribution is -2.53. The van der Waals surface area contributed by atoms with Crippen molar-refractivity contribution in [1.29, 1.82) is 0 Å². The number of halogens is 3. The van der Waals surface area contributed by atoms with E-state index in [0.29, 0.717) is 0 Å². The first kappa shape index (κ1) is 30.4. The Morgan fingerprint density at radius 3 is 2.40 bits per heavy atom. The molecule has 2 saturated heterocycles. The molecule has 0 unspecified atom stereocenters. The number of piperidine rings is 1. The van der Waals surface area contributed by atoms with Crippen LogP contribution in [0.1, 0.15) is 31.7 Å². The molecule has 0 bridgehead atoms. The van der Waals surface area contributed by atoms with Gasteiger partial charge >= 0.3 is 6.36 Å². The summed E-state index contributed by atoms with van der Waals surface area (Å²) >= 11 is 0. The maximum atomic E-state index is 12.7. The van der Waals surface area contributed by atoms with Crippen molar-refractivity contribution in [3.63, 3.8) is 0 Å². The number of nitrogens with one attached hydrogen (secondary N) is 2. The second-order valence-corrected chi connectivity index (χ2v) is 11.5. The van der Waals surface area contributed by atoms with Crippen LogP contribution in [0.4, 0.5) is 13.2 Å². The summed E-state index contributed by atoms with van der Waals surface area (Å²) in [5.74, 6) is -0.223. The minimum Gasteiger partial charge on any atom is -0.406 e. The first-order chi connectivity index (χ1) is 20.1. The van der Waals surface area contributed by atoms with Crippen LogP contribution in [-0.2, 0) is 13.1 Å². The molecule has 42 heavy (non-hydrogen) atoms. The fourth-order valence-electron chi connectivity index (χ4n) is 6.06. The Morgan fingerprint density at radius 1 is 1.05 bits per heavy atom. The fourth-order valence-corrected chi connectivity index (χ4v) is 6.06. The molecule has 1 aromatic heterocycles. The molecule has 0 radical (unpaired) electrons. The van der Waals surface area contributed by atoms with E-state index in [2.05, 4.69) is 67.6 Å². The normalized spacial score (nSPS) is 18.3. The predicted molar refractivity (Wildman–Crippen MR) is 162 cm³/mol. The lowest BCUT2D eigenvalue weighted by Gasteiger charge is -2.36. The average Bonchev–Trinajstić information content (AvgIpc) is 3.33.